The lowest BCUT2D eigenvalue weighted by molar-refractivity contribution is 0.177. The fourth-order valence-electron chi connectivity index (χ4n) is 3.75. The first-order valence-corrected chi connectivity index (χ1v) is 11.0. The van der Waals surface area contributed by atoms with E-state index in [-0.39, 0.29) is 5.56 Å². The fraction of sp³-hybridized carbons (Fsp3) is 0.364. The highest BCUT2D eigenvalue weighted by Crippen LogP contribution is 2.20. The molecule has 9 heteroatoms. The number of methoxy groups -OCH3 is 1. The molecule has 0 aliphatic carbocycles. The molecule has 0 aliphatic rings. The molecule has 0 saturated heterocycles. The number of fused-ring (bicyclic) bond motifs is 1. The summed E-state index contributed by atoms with van der Waals surface area (Å²) in [6.45, 7) is 6.96. The van der Waals surface area contributed by atoms with E-state index in [2.05, 4.69) is 49.8 Å². The van der Waals surface area contributed by atoms with E-state index in [0.29, 0.717) is 32.8 Å². The molecule has 1 N–H and O–H groups in total. The number of tetrazole rings is 1. The summed E-state index contributed by atoms with van der Waals surface area (Å²) in [5, 5.41) is 15.2. The van der Waals surface area contributed by atoms with Gasteiger partial charge in [0, 0.05) is 41.5 Å². The average Bonchev–Trinajstić information content (AvgIpc) is 3.39. The third-order valence-corrected chi connectivity index (χ3v) is 6.08. The number of hydrogen-bond acceptors (Lipinski definition) is 7. The van der Waals surface area contributed by atoms with E-state index in [9.17, 15) is 4.79 Å². The number of nitrogens with zero attached hydrogens (tertiary/aromatic N) is 5. The molecule has 0 aliphatic heterocycles. The van der Waals surface area contributed by atoms with Gasteiger partial charge in [0.15, 0.2) is 5.82 Å². The van der Waals surface area contributed by atoms with Crippen LogP contribution in [0.3, 0.4) is 0 Å². The highest BCUT2D eigenvalue weighted by molar-refractivity contribution is 7.09. The predicted molar refractivity (Wildman–Crippen MR) is 121 cm³/mol. The van der Waals surface area contributed by atoms with Gasteiger partial charge in [-0.2, -0.15) is 0 Å². The Kier molecular flexibility index (Phi) is 6.55. The average molecular weight is 439 g/mol. The molecule has 3 aromatic heterocycles. The summed E-state index contributed by atoms with van der Waals surface area (Å²) in [4.78, 5) is 19.3. The number of hydrogen-bond donors (Lipinski definition) is 1. The number of thiophene rings is 1. The van der Waals surface area contributed by atoms with Crippen LogP contribution in [0.2, 0.25) is 0 Å². The number of rotatable bonds is 9. The van der Waals surface area contributed by atoms with Crippen LogP contribution in [0.15, 0.2) is 40.5 Å². The van der Waals surface area contributed by atoms with Crippen LogP contribution >= 0.6 is 11.3 Å². The maximum absolute atomic E-state index is 12.9. The van der Waals surface area contributed by atoms with Crippen molar-refractivity contribution in [1.29, 1.82) is 0 Å². The molecule has 3 heterocycles. The Morgan fingerprint density at radius 1 is 1.19 bits per heavy atom. The largest absolute Gasteiger partial charge is 0.383 e. The van der Waals surface area contributed by atoms with E-state index in [1.165, 1.54) is 4.88 Å². The third-order valence-electron chi connectivity index (χ3n) is 5.22. The Morgan fingerprint density at radius 3 is 2.84 bits per heavy atom. The van der Waals surface area contributed by atoms with E-state index >= 15 is 0 Å². The van der Waals surface area contributed by atoms with Gasteiger partial charge in [-0.15, -0.1) is 16.4 Å². The van der Waals surface area contributed by atoms with E-state index < -0.39 is 0 Å². The van der Waals surface area contributed by atoms with Crippen LogP contribution in [0.5, 0.6) is 0 Å². The second kappa shape index (κ2) is 9.51. The SMILES string of the molecule is COCCn1nnnc1CN(Cc1cccs1)Cc1cc2c(C)cc(C)cc2[nH]c1=O. The number of pyridine rings is 1. The molecule has 0 bridgehead atoms. The second-order valence-corrected chi connectivity index (χ2v) is 8.73. The van der Waals surface area contributed by atoms with Crippen molar-refractivity contribution < 1.29 is 4.74 Å². The molecule has 4 rings (SSSR count). The molecule has 0 amide bonds. The topological polar surface area (TPSA) is 88.9 Å². The van der Waals surface area contributed by atoms with Crippen molar-refractivity contribution >= 4 is 22.2 Å². The maximum atomic E-state index is 12.9. The smallest absolute Gasteiger partial charge is 0.252 e. The normalized spacial score (nSPS) is 11.6. The minimum atomic E-state index is -0.0624. The van der Waals surface area contributed by atoms with Gasteiger partial charge in [-0.05, 0) is 59.0 Å². The fourth-order valence-corrected chi connectivity index (χ4v) is 4.50. The van der Waals surface area contributed by atoms with Gasteiger partial charge in [0.05, 0.1) is 19.7 Å². The van der Waals surface area contributed by atoms with Crippen molar-refractivity contribution in [3.8, 4) is 0 Å². The molecule has 0 spiro atoms. The number of aromatic nitrogens is 5. The Bertz CT molecular complexity index is 1210. The van der Waals surface area contributed by atoms with E-state index in [0.717, 1.165) is 33.4 Å². The number of H-pyrrole nitrogens is 1. The molecule has 0 saturated carbocycles. The van der Waals surface area contributed by atoms with Crippen LogP contribution in [0.25, 0.3) is 10.9 Å². The molecule has 0 atom stereocenters. The quantitative estimate of drug-likeness (QED) is 0.432. The summed E-state index contributed by atoms with van der Waals surface area (Å²) in [6, 6.07) is 10.3. The summed E-state index contributed by atoms with van der Waals surface area (Å²) in [5.74, 6) is 0.748. The number of nitrogens with one attached hydrogen (secondary N) is 1. The highest BCUT2D eigenvalue weighted by atomic mass is 32.1. The third kappa shape index (κ3) is 5.07. The van der Waals surface area contributed by atoms with Crippen molar-refractivity contribution in [1.82, 2.24) is 30.1 Å². The van der Waals surface area contributed by atoms with Gasteiger partial charge >= 0.3 is 0 Å². The van der Waals surface area contributed by atoms with E-state index in [1.54, 1.807) is 23.1 Å². The van der Waals surface area contributed by atoms with Crippen LogP contribution < -0.4 is 5.56 Å². The van der Waals surface area contributed by atoms with Crippen molar-refractivity contribution in [2.24, 2.45) is 0 Å². The van der Waals surface area contributed by atoms with Crippen LogP contribution in [0, 0.1) is 13.8 Å². The number of ether oxygens (including phenoxy) is 1. The summed E-state index contributed by atoms with van der Waals surface area (Å²) in [7, 11) is 1.66. The van der Waals surface area contributed by atoms with Crippen molar-refractivity contribution in [3.05, 3.63) is 73.5 Å². The zero-order valence-corrected chi connectivity index (χ0v) is 18.8. The predicted octanol–water partition coefficient (Wildman–Crippen LogP) is 3.04. The maximum Gasteiger partial charge on any atom is 0.252 e. The first-order chi connectivity index (χ1) is 15.0. The molecule has 0 unspecified atom stereocenters. The number of aryl methyl sites for hydroxylation is 2. The van der Waals surface area contributed by atoms with Gasteiger partial charge in [0.25, 0.3) is 5.56 Å². The standard InChI is InChI=1S/C22H26N6O2S/c1-15-9-16(2)19-11-17(22(29)23-20(19)10-15)12-27(13-18-5-4-8-31-18)14-21-24-25-26-28(21)6-7-30-3/h4-5,8-11H,6-7,12-14H2,1-3H3,(H,23,29). The van der Waals surface area contributed by atoms with Crippen LogP contribution in [0.4, 0.5) is 0 Å². The van der Waals surface area contributed by atoms with Gasteiger partial charge in [-0.3, -0.25) is 9.69 Å². The Hall–Kier alpha value is -2.88. The monoisotopic (exact) mass is 438 g/mol. The van der Waals surface area contributed by atoms with Gasteiger partial charge in [0.1, 0.15) is 0 Å². The summed E-state index contributed by atoms with van der Waals surface area (Å²) >= 11 is 1.70. The highest BCUT2D eigenvalue weighted by Gasteiger charge is 2.16. The first-order valence-electron chi connectivity index (χ1n) is 10.2. The van der Waals surface area contributed by atoms with Crippen molar-refractivity contribution in [2.45, 2.75) is 40.0 Å². The zero-order chi connectivity index (χ0) is 21.8. The first kappa shape index (κ1) is 21.4. The van der Waals surface area contributed by atoms with Gasteiger partial charge < -0.3 is 9.72 Å². The lowest BCUT2D eigenvalue weighted by atomic mass is 10.0. The lowest BCUT2D eigenvalue weighted by Gasteiger charge is -2.21. The summed E-state index contributed by atoms with van der Waals surface area (Å²) in [6.07, 6.45) is 0. The van der Waals surface area contributed by atoms with E-state index in [4.69, 9.17) is 4.74 Å². The summed E-state index contributed by atoms with van der Waals surface area (Å²) in [5.41, 5.74) is 3.83. The van der Waals surface area contributed by atoms with Crippen molar-refractivity contribution in [2.75, 3.05) is 13.7 Å². The van der Waals surface area contributed by atoms with E-state index in [1.807, 2.05) is 25.1 Å². The molecule has 31 heavy (non-hydrogen) atoms. The minimum absolute atomic E-state index is 0.0624. The van der Waals surface area contributed by atoms with Crippen LogP contribution in [-0.4, -0.2) is 43.8 Å². The molecule has 162 valence electrons. The van der Waals surface area contributed by atoms with Gasteiger partial charge in [-0.1, -0.05) is 12.1 Å². The van der Waals surface area contributed by atoms with Crippen LogP contribution in [-0.2, 0) is 30.9 Å². The molecular weight excluding hydrogens is 412 g/mol. The Morgan fingerprint density at radius 2 is 2.06 bits per heavy atom. The Labute approximate surface area is 184 Å². The van der Waals surface area contributed by atoms with Crippen molar-refractivity contribution in [3.63, 3.8) is 0 Å². The zero-order valence-electron chi connectivity index (χ0n) is 18.0. The molecule has 1 aromatic carbocycles. The molecule has 8 nitrogen and oxygen atoms in total. The molecular formula is C22H26N6O2S. The number of aromatic amines is 1. The Balaban J connectivity index is 1.64. The van der Waals surface area contributed by atoms with Gasteiger partial charge in [0.2, 0.25) is 0 Å². The van der Waals surface area contributed by atoms with Crippen LogP contribution in [0.1, 0.15) is 27.4 Å². The molecule has 0 radical (unpaired) electrons. The molecule has 0 fully saturated rings. The summed E-state index contributed by atoms with van der Waals surface area (Å²) < 4.78 is 6.91. The minimum Gasteiger partial charge on any atom is -0.383 e. The second-order valence-electron chi connectivity index (χ2n) is 7.70. The van der Waals surface area contributed by atoms with Gasteiger partial charge in [-0.25, -0.2) is 4.68 Å². The molecule has 4 aromatic rings. The lowest BCUT2D eigenvalue weighted by Crippen LogP contribution is -2.28. The number of benzene rings is 1.